The fourth-order valence-corrected chi connectivity index (χ4v) is 2.17. The fourth-order valence-electron chi connectivity index (χ4n) is 2.17. The summed E-state index contributed by atoms with van der Waals surface area (Å²) in [7, 11) is 0. The minimum Gasteiger partial charge on any atom is -0.285 e. The largest absolute Gasteiger partial charge is 0.285 e. The van der Waals surface area contributed by atoms with E-state index in [1.807, 2.05) is 12.4 Å². The van der Waals surface area contributed by atoms with E-state index < -0.39 is 0 Å². The van der Waals surface area contributed by atoms with Gasteiger partial charge >= 0.3 is 0 Å². The molecule has 0 spiro atoms. The molecule has 3 rings (SSSR count). The van der Waals surface area contributed by atoms with Gasteiger partial charge in [0.25, 0.3) is 0 Å². The molecule has 0 aliphatic rings. The summed E-state index contributed by atoms with van der Waals surface area (Å²) in [5.41, 5.74) is 6.12. The second kappa shape index (κ2) is 4.49. The molecule has 0 saturated carbocycles. The Hall–Kier alpha value is -2.35. The van der Waals surface area contributed by atoms with E-state index in [1.165, 1.54) is 22.3 Å². The molecule has 1 heterocycles. The van der Waals surface area contributed by atoms with E-state index in [0.717, 1.165) is 5.56 Å². The molecule has 0 aliphatic carbocycles. The smallest absolute Gasteiger partial charge is 0.0565 e. The number of aromatic amines is 1. The van der Waals surface area contributed by atoms with Crippen molar-refractivity contribution in [3.8, 4) is 22.3 Å². The van der Waals surface area contributed by atoms with E-state index in [2.05, 4.69) is 65.7 Å². The second-order valence-corrected chi connectivity index (χ2v) is 4.38. The van der Waals surface area contributed by atoms with Crippen LogP contribution in [0.15, 0.2) is 60.9 Å². The summed E-state index contributed by atoms with van der Waals surface area (Å²) in [6, 6.07) is 17.0. The van der Waals surface area contributed by atoms with Crippen LogP contribution < -0.4 is 0 Å². The van der Waals surface area contributed by atoms with Crippen LogP contribution in [-0.4, -0.2) is 10.2 Å². The van der Waals surface area contributed by atoms with Crippen molar-refractivity contribution in [1.82, 2.24) is 10.2 Å². The summed E-state index contributed by atoms with van der Waals surface area (Å²) in [6.45, 7) is 2.14. The summed E-state index contributed by atoms with van der Waals surface area (Å²) >= 11 is 0. The number of nitrogens with zero attached hydrogens (tertiary/aromatic N) is 1. The number of nitrogens with one attached hydrogen (secondary N) is 1. The average molecular weight is 234 g/mol. The summed E-state index contributed by atoms with van der Waals surface area (Å²) in [4.78, 5) is 0. The Morgan fingerprint density at radius 2 is 1.72 bits per heavy atom. The SMILES string of the molecule is Cc1ccccc1-c1cccc(-c2cn[nH]c2)c1. The third-order valence-corrected chi connectivity index (χ3v) is 3.15. The standard InChI is InChI=1S/C16H14N2/c1-12-5-2-3-8-16(12)14-7-4-6-13(9-14)15-10-17-18-11-15/h2-11H,1H3,(H,17,18). The molecule has 0 saturated heterocycles. The van der Waals surface area contributed by atoms with Crippen LogP contribution in [-0.2, 0) is 0 Å². The number of hydrogen-bond donors (Lipinski definition) is 1. The van der Waals surface area contributed by atoms with E-state index >= 15 is 0 Å². The van der Waals surface area contributed by atoms with E-state index in [0.29, 0.717) is 0 Å². The predicted octanol–water partition coefficient (Wildman–Crippen LogP) is 4.05. The molecule has 0 fully saturated rings. The van der Waals surface area contributed by atoms with Gasteiger partial charge in [-0.25, -0.2) is 0 Å². The maximum Gasteiger partial charge on any atom is 0.0565 e. The Labute approximate surface area is 106 Å². The van der Waals surface area contributed by atoms with Gasteiger partial charge < -0.3 is 0 Å². The lowest BCUT2D eigenvalue weighted by molar-refractivity contribution is 1.09. The summed E-state index contributed by atoms with van der Waals surface area (Å²) in [6.07, 6.45) is 3.76. The van der Waals surface area contributed by atoms with Crippen LogP contribution in [0.4, 0.5) is 0 Å². The molecule has 2 aromatic carbocycles. The van der Waals surface area contributed by atoms with Gasteiger partial charge in [-0.05, 0) is 35.2 Å². The van der Waals surface area contributed by atoms with Crippen LogP contribution in [0.2, 0.25) is 0 Å². The first kappa shape index (κ1) is 10.8. The number of benzene rings is 2. The number of H-pyrrole nitrogens is 1. The molecular weight excluding hydrogens is 220 g/mol. The number of hydrogen-bond acceptors (Lipinski definition) is 1. The molecule has 0 atom stereocenters. The van der Waals surface area contributed by atoms with E-state index in [9.17, 15) is 0 Å². The zero-order valence-corrected chi connectivity index (χ0v) is 10.2. The maximum atomic E-state index is 3.99. The monoisotopic (exact) mass is 234 g/mol. The molecule has 3 aromatic rings. The van der Waals surface area contributed by atoms with Gasteiger partial charge in [0.05, 0.1) is 6.20 Å². The Balaban J connectivity index is 2.10. The van der Waals surface area contributed by atoms with Gasteiger partial charge in [0.1, 0.15) is 0 Å². The van der Waals surface area contributed by atoms with E-state index in [4.69, 9.17) is 0 Å². The summed E-state index contributed by atoms with van der Waals surface area (Å²) in [5, 5.41) is 6.84. The summed E-state index contributed by atoms with van der Waals surface area (Å²) < 4.78 is 0. The van der Waals surface area contributed by atoms with Crippen LogP contribution in [0.5, 0.6) is 0 Å². The van der Waals surface area contributed by atoms with E-state index in [1.54, 1.807) is 0 Å². The van der Waals surface area contributed by atoms with Crippen molar-refractivity contribution in [3.63, 3.8) is 0 Å². The van der Waals surface area contributed by atoms with Crippen molar-refractivity contribution in [2.45, 2.75) is 6.92 Å². The Kier molecular flexibility index (Phi) is 2.69. The molecule has 1 aromatic heterocycles. The minimum absolute atomic E-state index is 1.12. The highest BCUT2D eigenvalue weighted by atomic mass is 15.1. The quantitative estimate of drug-likeness (QED) is 0.712. The lowest BCUT2D eigenvalue weighted by atomic mass is 9.97. The van der Waals surface area contributed by atoms with Crippen LogP contribution in [0.25, 0.3) is 22.3 Å². The fraction of sp³-hybridized carbons (Fsp3) is 0.0625. The number of rotatable bonds is 2. The third-order valence-electron chi connectivity index (χ3n) is 3.15. The second-order valence-electron chi connectivity index (χ2n) is 4.38. The Morgan fingerprint density at radius 1 is 0.889 bits per heavy atom. The zero-order chi connectivity index (χ0) is 12.4. The highest BCUT2D eigenvalue weighted by molar-refractivity contribution is 5.74. The summed E-state index contributed by atoms with van der Waals surface area (Å²) in [5.74, 6) is 0. The Bertz CT molecular complexity index is 654. The highest BCUT2D eigenvalue weighted by Gasteiger charge is 2.03. The van der Waals surface area contributed by atoms with Crippen LogP contribution in [0, 0.1) is 6.92 Å². The molecule has 0 unspecified atom stereocenters. The molecule has 18 heavy (non-hydrogen) atoms. The highest BCUT2D eigenvalue weighted by Crippen LogP contribution is 2.27. The van der Waals surface area contributed by atoms with Crippen molar-refractivity contribution in [3.05, 3.63) is 66.5 Å². The van der Waals surface area contributed by atoms with Gasteiger partial charge in [-0.1, -0.05) is 42.5 Å². The first-order valence-corrected chi connectivity index (χ1v) is 6.00. The minimum atomic E-state index is 1.12. The predicted molar refractivity (Wildman–Crippen MR) is 74.2 cm³/mol. The van der Waals surface area contributed by atoms with E-state index in [-0.39, 0.29) is 0 Å². The van der Waals surface area contributed by atoms with Gasteiger partial charge in [-0.3, -0.25) is 5.10 Å². The van der Waals surface area contributed by atoms with Gasteiger partial charge in [-0.2, -0.15) is 5.10 Å². The zero-order valence-electron chi connectivity index (χ0n) is 10.2. The molecule has 88 valence electrons. The van der Waals surface area contributed by atoms with Crippen molar-refractivity contribution in [1.29, 1.82) is 0 Å². The van der Waals surface area contributed by atoms with Gasteiger partial charge in [0.2, 0.25) is 0 Å². The first-order chi connectivity index (χ1) is 8.84. The number of aryl methyl sites for hydroxylation is 1. The molecule has 0 aliphatic heterocycles. The van der Waals surface area contributed by atoms with Crippen LogP contribution >= 0.6 is 0 Å². The third kappa shape index (κ3) is 1.93. The van der Waals surface area contributed by atoms with Crippen molar-refractivity contribution in [2.75, 3.05) is 0 Å². The van der Waals surface area contributed by atoms with Gasteiger partial charge in [0.15, 0.2) is 0 Å². The average Bonchev–Trinajstić information content (AvgIpc) is 2.93. The molecule has 1 N–H and O–H groups in total. The first-order valence-electron chi connectivity index (χ1n) is 6.00. The normalized spacial score (nSPS) is 10.5. The molecule has 0 bridgehead atoms. The lowest BCUT2D eigenvalue weighted by Crippen LogP contribution is -1.83. The molecule has 0 amide bonds. The molecule has 0 radical (unpaired) electrons. The van der Waals surface area contributed by atoms with Crippen LogP contribution in [0.1, 0.15) is 5.56 Å². The lowest BCUT2D eigenvalue weighted by Gasteiger charge is -2.07. The van der Waals surface area contributed by atoms with Gasteiger partial charge in [-0.15, -0.1) is 0 Å². The Morgan fingerprint density at radius 3 is 2.50 bits per heavy atom. The topological polar surface area (TPSA) is 28.7 Å². The van der Waals surface area contributed by atoms with Crippen molar-refractivity contribution in [2.24, 2.45) is 0 Å². The van der Waals surface area contributed by atoms with Crippen molar-refractivity contribution < 1.29 is 0 Å². The van der Waals surface area contributed by atoms with Crippen molar-refractivity contribution >= 4 is 0 Å². The molecule has 2 heteroatoms. The van der Waals surface area contributed by atoms with Crippen LogP contribution in [0.3, 0.4) is 0 Å². The number of aromatic nitrogens is 2. The molecule has 2 nitrogen and oxygen atoms in total. The maximum absolute atomic E-state index is 3.99. The molecular formula is C16H14N2. The van der Waals surface area contributed by atoms with Gasteiger partial charge in [0, 0.05) is 11.8 Å².